The van der Waals surface area contributed by atoms with Crippen molar-refractivity contribution in [2.24, 2.45) is 0 Å². The van der Waals surface area contributed by atoms with Gasteiger partial charge in [-0.15, -0.1) is 0 Å². The highest BCUT2D eigenvalue weighted by Gasteiger charge is 2.16. The van der Waals surface area contributed by atoms with Crippen LogP contribution < -0.4 is 10.1 Å². The second-order valence-electron chi connectivity index (χ2n) is 6.12. The van der Waals surface area contributed by atoms with E-state index in [9.17, 15) is 4.79 Å². The molecule has 1 heterocycles. The maximum atomic E-state index is 11.8. The fourth-order valence-corrected chi connectivity index (χ4v) is 2.72. The summed E-state index contributed by atoms with van der Waals surface area (Å²) < 4.78 is 11.0. The van der Waals surface area contributed by atoms with E-state index in [2.05, 4.69) is 36.5 Å². The van der Waals surface area contributed by atoms with Crippen molar-refractivity contribution in [3.05, 3.63) is 54.1 Å². The lowest BCUT2D eigenvalue weighted by Gasteiger charge is -2.11. The summed E-state index contributed by atoms with van der Waals surface area (Å²) in [7, 11) is 0. The highest BCUT2D eigenvalue weighted by Crippen LogP contribution is 2.22. The summed E-state index contributed by atoms with van der Waals surface area (Å²) in [4.78, 5) is 11.8. The van der Waals surface area contributed by atoms with Crippen molar-refractivity contribution in [3.8, 4) is 16.9 Å². The number of carbonyl (C=O) groups is 1. The van der Waals surface area contributed by atoms with Gasteiger partial charge in [-0.1, -0.05) is 42.0 Å². The van der Waals surface area contributed by atoms with Crippen molar-refractivity contribution in [1.29, 1.82) is 0 Å². The molecular formula is C20H23NO3. The van der Waals surface area contributed by atoms with Crippen LogP contribution in [0.5, 0.6) is 5.75 Å². The smallest absolute Gasteiger partial charge is 0.258 e. The van der Waals surface area contributed by atoms with Crippen LogP contribution >= 0.6 is 0 Å². The van der Waals surface area contributed by atoms with E-state index in [1.807, 2.05) is 24.3 Å². The van der Waals surface area contributed by atoms with Gasteiger partial charge in [-0.05, 0) is 43.0 Å². The third-order valence-electron chi connectivity index (χ3n) is 4.16. The van der Waals surface area contributed by atoms with Crippen LogP contribution in [0.15, 0.2) is 48.5 Å². The minimum absolute atomic E-state index is 0.0244. The van der Waals surface area contributed by atoms with Crippen LogP contribution in [0.3, 0.4) is 0 Å². The average Bonchev–Trinajstić information content (AvgIpc) is 3.13. The number of aryl methyl sites for hydroxylation is 1. The van der Waals surface area contributed by atoms with Gasteiger partial charge in [0.2, 0.25) is 0 Å². The number of hydrogen-bond donors (Lipinski definition) is 1. The Labute approximate surface area is 142 Å². The van der Waals surface area contributed by atoms with Crippen LogP contribution in [-0.2, 0) is 9.53 Å². The van der Waals surface area contributed by atoms with Gasteiger partial charge in [-0.25, -0.2) is 0 Å². The van der Waals surface area contributed by atoms with E-state index in [4.69, 9.17) is 9.47 Å². The van der Waals surface area contributed by atoms with Crippen molar-refractivity contribution in [1.82, 2.24) is 5.32 Å². The Morgan fingerprint density at radius 2 is 1.79 bits per heavy atom. The molecule has 0 radical (unpaired) electrons. The molecule has 1 amide bonds. The summed E-state index contributed by atoms with van der Waals surface area (Å²) in [6, 6.07) is 16.2. The van der Waals surface area contributed by atoms with Gasteiger partial charge in [0.25, 0.3) is 5.91 Å². The molecule has 2 aromatic rings. The molecule has 4 nitrogen and oxygen atoms in total. The number of nitrogens with one attached hydrogen (secondary N) is 1. The van der Waals surface area contributed by atoms with E-state index >= 15 is 0 Å². The van der Waals surface area contributed by atoms with Gasteiger partial charge < -0.3 is 14.8 Å². The summed E-state index contributed by atoms with van der Waals surface area (Å²) in [5.74, 6) is 0.575. The molecule has 4 heteroatoms. The molecule has 1 aliphatic rings. The molecule has 2 aromatic carbocycles. The lowest BCUT2D eigenvalue weighted by molar-refractivity contribution is -0.123. The summed E-state index contributed by atoms with van der Waals surface area (Å²) in [6.07, 6.45) is 2.24. The lowest BCUT2D eigenvalue weighted by Crippen LogP contribution is -2.35. The zero-order chi connectivity index (χ0) is 16.8. The Morgan fingerprint density at radius 1 is 1.12 bits per heavy atom. The van der Waals surface area contributed by atoms with Crippen LogP contribution in [0.4, 0.5) is 0 Å². The summed E-state index contributed by atoms with van der Waals surface area (Å²) in [5.41, 5.74) is 3.54. The van der Waals surface area contributed by atoms with Gasteiger partial charge in [0.15, 0.2) is 6.61 Å². The molecule has 1 unspecified atom stereocenters. The molecule has 1 aliphatic heterocycles. The van der Waals surface area contributed by atoms with Crippen LogP contribution in [0.1, 0.15) is 18.4 Å². The summed E-state index contributed by atoms with van der Waals surface area (Å²) >= 11 is 0. The van der Waals surface area contributed by atoms with Gasteiger partial charge >= 0.3 is 0 Å². The maximum absolute atomic E-state index is 11.8. The van der Waals surface area contributed by atoms with E-state index in [1.165, 1.54) is 11.1 Å². The second-order valence-corrected chi connectivity index (χ2v) is 6.12. The Morgan fingerprint density at radius 3 is 2.42 bits per heavy atom. The van der Waals surface area contributed by atoms with Crippen LogP contribution in [0.25, 0.3) is 11.1 Å². The number of amides is 1. The third kappa shape index (κ3) is 4.59. The normalized spacial score (nSPS) is 16.8. The zero-order valence-corrected chi connectivity index (χ0v) is 14.0. The topological polar surface area (TPSA) is 47.6 Å². The van der Waals surface area contributed by atoms with Crippen molar-refractivity contribution < 1.29 is 14.3 Å². The first kappa shape index (κ1) is 16.5. The van der Waals surface area contributed by atoms with E-state index in [1.54, 1.807) is 0 Å². The summed E-state index contributed by atoms with van der Waals surface area (Å²) in [6.45, 7) is 3.46. The first-order chi connectivity index (χ1) is 11.7. The molecular weight excluding hydrogens is 302 g/mol. The van der Waals surface area contributed by atoms with Crippen molar-refractivity contribution in [3.63, 3.8) is 0 Å². The lowest BCUT2D eigenvalue weighted by atomic mass is 10.0. The third-order valence-corrected chi connectivity index (χ3v) is 4.16. The SMILES string of the molecule is Cc1ccc(-c2ccc(OCC(=O)NCC3CCCO3)cc2)cc1. The molecule has 0 bridgehead atoms. The first-order valence-corrected chi connectivity index (χ1v) is 8.39. The molecule has 1 atom stereocenters. The Kier molecular flexibility index (Phi) is 5.49. The number of rotatable bonds is 6. The zero-order valence-electron chi connectivity index (χ0n) is 14.0. The average molecular weight is 325 g/mol. The predicted octanol–water partition coefficient (Wildman–Crippen LogP) is 3.34. The molecule has 1 fully saturated rings. The van der Waals surface area contributed by atoms with Crippen molar-refractivity contribution in [2.75, 3.05) is 19.8 Å². The monoisotopic (exact) mass is 325 g/mol. The summed E-state index contributed by atoms with van der Waals surface area (Å²) in [5, 5.41) is 2.85. The quantitative estimate of drug-likeness (QED) is 0.886. The molecule has 0 spiro atoms. The van der Waals surface area contributed by atoms with Gasteiger partial charge in [0.1, 0.15) is 5.75 Å². The fourth-order valence-electron chi connectivity index (χ4n) is 2.72. The van der Waals surface area contributed by atoms with Crippen LogP contribution in [0.2, 0.25) is 0 Å². The fraction of sp³-hybridized carbons (Fsp3) is 0.350. The number of hydrogen-bond acceptors (Lipinski definition) is 3. The van der Waals surface area contributed by atoms with E-state index in [0.29, 0.717) is 12.3 Å². The standard InChI is InChI=1S/C20H23NO3/c1-15-4-6-16(7-5-15)17-8-10-18(11-9-17)24-14-20(22)21-13-19-3-2-12-23-19/h4-11,19H,2-3,12-14H2,1H3,(H,21,22). The van der Waals surface area contributed by atoms with Crippen LogP contribution in [-0.4, -0.2) is 31.8 Å². The Balaban J connectivity index is 1.47. The van der Waals surface area contributed by atoms with Gasteiger partial charge in [-0.3, -0.25) is 4.79 Å². The van der Waals surface area contributed by atoms with Gasteiger partial charge in [-0.2, -0.15) is 0 Å². The largest absolute Gasteiger partial charge is 0.484 e. The Hall–Kier alpha value is -2.33. The molecule has 0 saturated carbocycles. The van der Waals surface area contributed by atoms with Gasteiger partial charge in [0.05, 0.1) is 6.10 Å². The second kappa shape index (κ2) is 7.97. The highest BCUT2D eigenvalue weighted by atomic mass is 16.5. The molecule has 1 saturated heterocycles. The van der Waals surface area contributed by atoms with E-state index in [0.717, 1.165) is 25.0 Å². The van der Waals surface area contributed by atoms with Crippen molar-refractivity contribution in [2.45, 2.75) is 25.9 Å². The highest BCUT2D eigenvalue weighted by molar-refractivity contribution is 5.77. The van der Waals surface area contributed by atoms with Crippen LogP contribution in [0, 0.1) is 6.92 Å². The molecule has 24 heavy (non-hydrogen) atoms. The van der Waals surface area contributed by atoms with E-state index in [-0.39, 0.29) is 18.6 Å². The molecule has 1 N–H and O–H groups in total. The van der Waals surface area contributed by atoms with Crippen molar-refractivity contribution >= 4 is 5.91 Å². The van der Waals surface area contributed by atoms with Gasteiger partial charge in [0, 0.05) is 13.2 Å². The van der Waals surface area contributed by atoms with E-state index < -0.39 is 0 Å². The Bertz CT molecular complexity index is 658. The molecule has 126 valence electrons. The number of carbonyl (C=O) groups excluding carboxylic acids is 1. The number of benzene rings is 2. The first-order valence-electron chi connectivity index (χ1n) is 8.39. The molecule has 0 aliphatic carbocycles. The predicted molar refractivity (Wildman–Crippen MR) is 94.1 cm³/mol. The minimum atomic E-state index is -0.117. The number of ether oxygens (including phenoxy) is 2. The maximum Gasteiger partial charge on any atom is 0.258 e. The molecule has 3 rings (SSSR count). The molecule has 0 aromatic heterocycles. The minimum Gasteiger partial charge on any atom is -0.484 e.